The molecular formula is C6H6Cl2FN. The van der Waals surface area contributed by atoms with Gasteiger partial charge in [-0.05, 0) is 13.0 Å². The van der Waals surface area contributed by atoms with E-state index in [0.29, 0.717) is 5.69 Å². The van der Waals surface area contributed by atoms with E-state index in [1.54, 1.807) is 6.92 Å². The van der Waals surface area contributed by atoms with Crippen LogP contribution in [0.1, 0.15) is 5.69 Å². The number of halogens is 3. The van der Waals surface area contributed by atoms with Crippen LogP contribution in [0, 0.1) is 12.7 Å². The molecular weight excluding hydrogens is 176 g/mol. The van der Waals surface area contributed by atoms with Crippen molar-refractivity contribution in [2.24, 2.45) is 0 Å². The van der Waals surface area contributed by atoms with E-state index in [1.165, 1.54) is 12.3 Å². The molecule has 0 aliphatic carbocycles. The zero-order valence-corrected chi connectivity index (χ0v) is 6.84. The minimum atomic E-state index is -0.431. The maximum absolute atomic E-state index is 12.5. The molecule has 0 fully saturated rings. The lowest BCUT2D eigenvalue weighted by Gasteiger charge is -1.93. The summed E-state index contributed by atoms with van der Waals surface area (Å²) >= 11 is 5.40. The van der Waals surface area contributed by atoms with E-state index in [1.807, 2.05) is 0 Å². The molecule has 1 nitrogen and oxygen atoms in total. The Morgan fingerprint density at radius 2 is 2.20 bits per heavy atom. The quantitative estimate of drug-likeness (QED) is 0.600. The molecule has 0 saturated carbocycles. The lowest BCUT2D eigenvalue weighted by atomic mass is 10.4. The summed E-state index contributed by atoms with van der Waals surface area (Å²) in [6, 6.07) is 1.42. The van der Waals surface area contributed by atoms with Gasteiger partial charge in [-0.15, -0.1) is 12.4 Å². The monoisotopic (exact) mass is 181 g/mol. The number of nitrogens with zero attached hydrogens (tertiary/aromatic N) is 1. The van der Waals surface area contributed by atoms with Crippen molar-refractivity contribution in [2.75, 3.05) is 0 Å². The Kier molecular flexibility index (Phi) is 3.61. The van der Waals surface area contributed by atoms with Crippen LogP contribution in [0.5, 0.6) is 0 Å². The average molecular weight is 182 g/mol. The molecule has 0 spiro atoms. The van der Waals surface area contributed by atoms with E-state index >= 15 is 0 Å². The van der Waals surface area contributed by atoms with Crippen LogP contribution in [0.25, 0.3) is 0 Å². The zero-order chi connectivity index (χ0) is 6.85. The van der Waals surface area contributed by atoms with Crippen LogP contribution in [0.4, 0.5) is 4.39 Å². The topological polar surface area (TPSA) is 12.9 Å². The van der Waals surface area contributed by atoms with Crippen molar-refractivity contribution in [3.8, 4) is 0 Å². The highest BCUT2D eigenvalue weighted by atomic mass is 35.5. The first-order chi connectivity index (χ1) is 4.22. The van der Waals surface area contributed by atoms with Gasteiger partial charge in [0.1, 0.15) is 0 Å². The van der Waals surface area contributed by atoms with Gasteiger partial charge in [0.05, 0.1) is 10.7 Å². The van der Waals surface area contributed by atoms with E-state index < -0.39 is 5.82 Å². The Balaban J connectivity index is 0.000000810. The first-order valence-electron chi connectivity index (χ1n) is 2.48. The van der Waals surface area contributed by atoms with Gasteiger partial charge in [-0.3, -0.25) is 4.98 Å². The van der Waals surface area contributed by atoms with Crippen LogP contribution in [0.2, 0.25) is 5.02 Å². The van der Waals surface area contributed by atoms with Gasteiger partial charge < -0.3 is 0 Å². The summed E-state index contributed by atoms with van der Waals surface area (Å²) in [5.41, 5.74) is 0.336. The smallest absolute Gasteiger partial charge is 0.162 e. The summed E-state index contributed by atoms with van der Waals surface area (Å²) in [6.45, 7) is 1.57. The van der Waals surface area contributed by atoms with Gasteiger partial charge in [0, 0.05) is 6.20 Å². The van der Waals surface area contributed by atoms with E-state index in [4.69, 9.17) is 11.6 Å². The maximum Gasteiger partial charge on any atom is 0.162 e. The molecule has 1 rings (SSSR count). The van der Waals surface area contributed by atoms with Gasteiger partial charge in [-0.2, -0.15) is 0 Å². The second-order valence-electron chi connectivity index (χ2n) is 1.69. The molecule has 1 aromatic heterocycles. The summed E-state index contributed by atoms with van der Waals surface area (Å²) in [5.74, 6) is -0.431. The van der Waals surface area contributed by atoms with Crippen LogP contribution in [-0.2, 0) is 0 Å². The molecule has 0 saturated heterocycles. The van der Waals surface area contributed by atoms with Gasteiger partial charge in [-0.1, -0.05) is 11.6 Å². The Bertz CT molecular complexity index is 207. The summed E-state index contributed by atoms with van der Waals surface area (Å²) in [4.78, 5) is 3.68. The molecule has 0 amide bonds. The average Bonchev–Trinajstić information content (AvgIpc) is 1.83. The van der Waals surface area contributed by atoms with Crippen molar-refractivity contribution in [2.45, 2.75) is 6.92 Å². The number of hydrogen-bond donors (Lipinski definition) is 0. The normalized spacial score (nSPS) is 8.70. The van der Waals surface area contributed by atoms with Crippen LogP contribution in [0.15, 0.2) is 12.3 Å². The van der Waals surface area contributed by atoms with Crippen LogP contribution < -0.4 is 0 Å². The van der Waals surface area contributed by atoms with Crippen LogP contribution >= 0.6 is 24.0 Å². The lowest BCUT2D eigenvalue weighted by molar-refractivity contribution is 0.610. The minimum Gasteiger partial charge on any atom is -0.258 e. The van der Waals surface area contributed by atoms with E-state index in [9.17, 15) is 4.39 Å². The SMILES string of the molecule is Cc1nccc(Cl)c1F.Cl. The molecule has 0 aliphatic rings. The first-order valence-corrected chi connectivity index (χ1v) is 2.86. The van der Waals surface area contributed by atoms with Gasteiger partial charge in [0.25, 0.3) is 0 Å². The molecule has 0 aliphatic heterocycles. The predicted octanol–water partition coefficient (Wildman–Crippen LogP) is 2.60. The van der Waals surface area contributed by atoms with E-state index in [0.717, 1.165) is 0 Å². The summed E-state index contributed by atoms with van der Waals surface area (Å²) in [6.07, 6.45) is 1.47. The Labute approximate surface area is 69.6 Å². The van der Waals surface area contributed by atoms with Crippen molar-refractivity contribution >= 4 is 24.0 Å². The third-order valence-corrected chi connectivity index (χ3v) is 1.31. The summed E-state index contributed by atoms with van der Waals surface area (Å²) < 4.78 is 12.5. The van der Waals surface area contributed by atoms with Crippen molar-refractivity contribution in [3.05, 3.63) is 28.8 Å². The molecule has 56 valence electrons. The van der Waals surface area contributed by atoms with Crippen LogP contribution in [-0.4, -0.2) is 4.98 Å². The number of rotatable bonds is 0. The third-order valence-electron chi connectivity index (χ3n) is 1.02. The number of aryl methyl sites for hydroxylation is 1. The van der Waals surface area contributed by atoms with Gasteiger partial charge >= 0.3 is 0 Å². The minimum absolute atomic E-state index is 0. The van der Waals surface area contributed by atoms with E-state index in [2.05, 4.69) is 4.98 Å². The number of pyridine rings is 1. The predicted molar refractivity (Wildman–Crippen MR) is 41.2 cm³/mol. The fourth-order valence-electron chi connectivity index (χ4n) is 0.517. The molecule has 0 bridgehead atoms. The van der Waals surface area contributed by atoms with E-state index in [-0.39, 0.29) is 17.4 Å². The van der Waals surface area contributed by atoms with Gasteiger partial charge in [0.15, 0.2) is 5.82 Å². The highest BCUT2D eigenvalue weighted by Gasteiger charge is 2.00. The van der Waals surface area contributed by atoms with Crippen molar-refractivity contribution in [3.63, 3.8) is 0 Å². The third kappa shape index (κ3) is 1.82. The number of aromatic nitrogens is 1. The molecule has 1 aromatic rings. The molecule has 0 aromatic carbocycles. The highest BCUT2D eigenvalue weighted by Crippen LogP contribution is 2.13. The molecule has 0 atom stereocenters. The Morgan fingerprint density at radius 3 is 2.60 bits per heavy atom. The standard InChI is InChI=1S/C6H5ClFN.ClH/c1-4-6(8)5(7)2-3-9-4;/h2-3H,1H3;1H. The van der Waals surface area contributed by atoms with Crippen molar-refractivity contribution < 1.29 is 4.39 Å². The Morgan fingerprint density at radius 1 is 1.60 bits per heavy atom. The Hall–Kier alpha value is -0.340. The molecule has 1 heterocycles. The first kappa shape index (κ1) is 9.66. The summed E-state index contributed by atoms with van der Waals surface area (Å²) in [5, 5.41) is 0.127. The fraction of sp³-hybridized carbons (Fsp3) is 0.167. The molecule has 4 heteroatoms. The second kappa shape index (κ2) is 3.74. The molecule has 10 heavy (non-hydrogen) atoms. The number of hydrogen-bond acceptors (Lipinski definition) is 1. The highest BCUT2D eigenvalue weighted by molar-refractivity contribution is 6.30. The molecule has 0 N–H and O–H groups in total. The fourth-order valence-corrected chi connectivity index (χ4v) is 0.710. The maximum atomic E-state index is 12.5. The van der Waals surface area contributed by atoms with Gasteiger partial charge in [0.2, 0.25) is 0 Å². The molecule has 0 radical (unpaired) electrons. The van der Waals surface area contributed by atoms with Gasteiger partial charge in [-0.25, -0.2) is 4.39 Å². The van der Waals surface area contributed by atoms with Crippen LogP contribution in [0.3, 0.4) is 0 Å². The zero-order valence-electron chi connectivity index (χ0n) is 5.27. The summed E-state index contributed by atoms with van der Waals surface area (Å²) in [7, 11) is 0. The van der Waals surface area contributed by atoms with Crippen molar-refractivity contribution in [1.82, 2.24) is 4.98 Å². The van der Waals surface area contributed by atoms with Crippen molar-refractivity contribution in [1.29, 1.82) is 0 Å². The largest absolute Gasteiger partial charge is 0.258 e. The lowest BCUT2D eigenvalue weighted by Crippen LogP contribution is -1.85. The molecule has 0 unspecified atom stereocenters. The second-order valence-corrected chi connectivity index (χ2v) is 2.10.